The number of fused-ring (bicyclic) bond motifs is 4. The molecule has 59 heavy (non-hydrogen) atoms. The number of nitrogens with zero attached hydrogens (tertiary/aromatic N) is 4. The average Bonchev–Trinajstić information content (AvgIpc) is 3.86. The van der Waals surface area contributed by atoms with Crippen LogP contribution in [-0.2, 0) is 20.1 Å². The SMILES string of the molecule is CC(C)c1cccc(C(C)C)c1-n1c(-c2[c-]ccc3c2oc2ccccc23)nc2ccc(-c3ccccc3)nc21.[Ir].[c-]1ccccc1-c1cc(-c2ccccc2)ccn1. The molecular weight excluding hydrogens is 901 g/mol. The number of para-hydroxylation sites is 2. The van der Waals surface area contributed by atoms with Crippen LogP contribution in [-0.4, -0.2) is 19.5 Å². The molecule has 0 amide bonds. The fourth-order valence-corrected chi connectivity index (χ4v) is 7.67. The van der Waals surface area contributed by atoms with Gasteiger partial charge in [0.1, 0.15) is 5.58 Å². The summed E-state index contributed by atoms with van der Waals surface area (Å²) in [4.78, 5) is 14.9. The van der Waals surface area contributed by atoms with Crippen molar-refractivity contribution in [3.63, 3.8) is 0 Å². The zero-order chi connectivity index (χ0) is 39.6. The maximum absolute atomic E-state index is 6.47. The van der Waals surface area contributed by atoms with Crippen LogP contribution in [0.1, 0.15) is 50.7 Å². The van der Waals surface area contributed by atoms with Gasteiger partial charge in [-0.2, -0.15) is 0 Å². The third-order valence-corrected chi connectivity index (χ3v) is 10.6. The van der Waals surface area contributed by atoms with E-state index in [2.05, 4.69) is 122 Å². The monoisotopic (exact) mass is 943 g/mol. The third kappa shape index (κ3) is 7.78. The molecule has 0 saturated heterocycles. The maximum atomic E-state index is 6.47. The first kappa shape index (κ1) is 39.4. The maximum Gasteiger partial charge on any atom is 0.156 e. The number of aromatic nitrogens is 4. The summed E-state index contributed by atoms with van der Waals surface area (Å²) >= 11 is 0. The van der Waals surface area contributed by atoms with Crippen LogP contribution in [0.5, 0.6) is 0 Å². The topological polar surface area (TPSA) is 56.7 Å². The van der Waals surface area contributed by atoms with Crippen molar-refractivity contribution >= 4 is 33.1 Å². The Kier molecular flexibility index (Phi) is 11.5. The van der Waals surface area contributed by atoms with Crippen molar-refractivity contribution in [3.05, 3.63) is 193 Å². The standard InChI is InChI=1S/C36H30N3O.C17H12N.Ir/c1-22(2)25-15-10-16-26(23(3)4)33(25)39-35(29-18-11-17-28-27-14-8-9-19-32(27)40-34(28)29)38-31-21-20-30(37-36(31)39)24-12-6-5-7-13-24;1-3-7-14(8-4-1)16-11-12-18-17(13-16)15-9-5-2-6-10-15;/h5-17,19-23H,1-4H3;1-9,11-13H;/q2*-1;. The van der Waals surface area contributed by atoms with Gasteiger partial charge in [0, 0.05) is 42.9 Å². The Balaban J connectivity index is 0.000000213. The van der Waals surface area contributed by atoms with Crippen LogP contribution in [0, 0.1) is 12.1 Å². The quantitative estimate of drug-likeness (QED) is 0.149. The molecular formula is C53H42IrN4O-2. The Hall–Kier alpha value is -6.46. The molecule has 4 heterocycles. The number of pyridine rings is 2. The van der Waals surface area contributed by atoms with Crippen LogP contribution in [0.2, 0.25) is 0 Å². The van der Waals surface area contributed by atoms with Gasteiger partial charge in [0.15, 0.2) is 5.65 Å². The molecule has 0 spiro atoms. The van der Waals surface area contributed by atoms with Crippen molar-refractivity contribution in [3.8, 4) is 50.7 Å². The molecule has 291 valence electrons. The van der Waals surface area contributed by atoms with E-state index in [1.165, 1.54) is 22.3 Å². The minimum absolute atomic E-state index is 0. The van der Waals surface area contributed by atoms with Crippen LogP contribution in [0.25, 0.3) is 83.8 Å². The van der Waals surface area contributed by atoms with Crippen LogP contribution in [0.4, 0.5) is 0 Å². The molecule has 4 aromatic heterocycles. The first-order chi connectivity index (χ1) is 28.4. The summed E-state index contributed by atoms with van der Waals surface area (Å²) in [5.41, 5.74) is 14.2. The van der Waals surface area contributed by atoms with E-state index in [-0.39, 0.29) is 20.1 Å². The second-order valence-electron chi connectivity index (χ2n) is 15.0. The zero-order valence-electron chi connectivity index (χ0n) is 33.4. The summed E-state index contributed by atoms with van der Waals surface area (Å²) in [7, 11) is 0. The predicted octanol–water partition coefficient (Wildman–Crippen LogP) is 13.9. The van der Waals surface area contributed by atoms with E-state index in [9.17, 15) is 0 Å². The van der Waals surface area contributed by atoms with E-state index >= 15 is 0 Å². The summed E-state index contributed by atoms with van der Waals surface area (Å²) in [6.07, 6.45) is 1.85. The van der Waals surface area contributed by atoms with Crippen molar-refractivity contribution in [1.29, 1.82) is 0 Å². The van der Waals surface area contributed by atoms with Gasteiger partial charge in [-0.1, -0.05) is 142 Å². The largest absolute Gasteiger partial charge is 0.501 e. The molecule has 0 unspecified atom stereocenters. The number of benzene rings is 6. The van der Waals surface area contributed by atoms with Crippen molar-refractivity contribution in [2.75, 3.05) is 0 Å². The molecule has 5 nitrogen and oxygen atoms in total. The number of furan rings is 1. The number of rotatable bonds is 7. The normalized spacial score (nSPS) is 11.2. The van der Waals surface area contributed by atoms with E-state index in [1.807, 2.05) is 97.2 Å². The van der Waals surface area contributed by atoms with Gasteiger partial charge in [0.05, 0.1) is 22.6 Å². The van der Waals surface area contributed by atoms with Gasteiger partial charge in [-0.25, -0.2) is 4.98 Å². The molecule has 10 aromatic rings. The average molecular weight is 943 g/mol. The van der Waals surface area contributed by atoms with Crippen LogP contribution >= 0.6 is 0 Å². The van der Waals surface area contributed by atoms with Crippen molar-refractivity contribution in [1.82, 2.24) is 19.5 Å². The molecule has 0 aliphatic carbocycles. The number of hydrogen-bond acceptors (Lipinski definition) is 4. The fourth-order valence-electron chi connectivity index (χ4n) is 7.67. The summed E-state index contributed by atoms with van der Waals surface area (Å²) in [5, 5.41) is 2.15. The summed E-state index contributed by atoms with van der Waals surface area (Å²) < 4.78 is 8.72. The Bertz CT molecular complexity index is 2930. The fraction of sp³-hybridized carbons (Fsp3) is 0.113. The molecule has 6 aromatic carbocycles. The van der Waals surface area contributed by atoms with E-state index in [0.29, 0.717) is 11.8 Å². The number of hydrogen-bond donors (Lipinski definition) is 0. The first-order valence-electron chi connectivity index (χ1n) is 19.8. The van der Waals surface area contributed by atoms with E-state index in [0.717, 1.165) is 72.7 Å². The van der Waals surface area contributed by atoms with Crippen LogP contribution < -0.4 is 0 Å². The minimum atomic E-state index is 0. The van der Waals surface area contributed by atoms with Crippen LogP contribution in [0.3, 0.4) is 0 Å². The van der Waals surface area contributed by atoms with E-state index < -0.39 is 0 Å². The Morgan fingerprint density at radius 2 is 1.25 bits per heavy atom. The smallest absolute Gasteiger partial charge is 0.156 e. The molecule has 1 radical (unpaired) electrons. The van der Waals surface area contributed by atoms with Crippen molar-refractivity contribution in [2.24, 2.45) is 0 Å². The summed E-state index contributed by atoms with van der Waals surface area (Å²) in [6, 6.07) is 62.4. The van der Waals surface area contributed by atoms with Gasteiger partial charge in [-0.3, -0.25) is 4.98 Å². The van der Waals surface area contributed by atoms with E-state index in [1.54, 1.807) is 0 Å². The Labute approximate surface area is 358 Å². The molecule has 0 saturated carbocycles. The second kappa shape index (κ2) is 17.2. The Morgan fingerprint density at radius 3 is 1.97 bits per heavy atom. The van der Waals surface area contributed by atoms with Gasteiger partial charge in [-0.15, -0.1) is 54.1 Å². The van der Waals surface area contributed by atoms with Crippen LogP contribution in [0.15, 0.2) is 174 Å². The van der Waals surface area contributed by atoms with Gasteiger partial charge in [0.25, 0.3) is 0 Å². The van der Waals surface area contributed by atoms with Gasteiger partial charge >= 0.3 is 0 Å². The third-order valence-electron chi connectivity index (χ3n) is 10.6. The molecule has 6 heteroatoms. The Morgan fingerprint density at radius 1 is 0.559 bits per heavy atom. The first-order valence-corrected chi connectivity index (χ1v) is 19.8. The minimum Gasteiger partial charge on any atom is -0.501 e. The molecule has 0 aliphatic rings. The molecule has 0 bridgehead atoms. The molecule has 0 aliphatic heterocycles. The molecule has 0 atom stereocenters. The summed E-state index contributed by atoms with van der Waals surface area (Å²) in [6.45, 7) is 8.99. The molecule has 0 N–H and O–H groups in total. The molecule has 10 rings (SSSR count). The van der Waals surface area contributed by atoms with Crippen molar-refractivity contribution in [2.45, 2.75) is 39.5 Å². The predicted molar refractivity (Wildman–Crippen MR) is 238 cm³/mol. The van der Waals surface area contributed by atoms with E-state index in [4.69, 9.17) is 14.4 Å². The number of imidazole rings is 1. The van der Waals surface area contributed by atoms with Gasteiger partial charge in [-0.05, 0) is 64.0 Å². The van der Waals surface area contributed by atoms with Crippen molar-refractivity contribution < 1.29 is 24.5 Å². The molecule has 0 fully saturated rings. The summed E-state index contributed by atoms with van der Waals surface area (Å²) in [5.74, 6) is 1.40. The zero-order valence-corrected chi connectivity index (χ0v) is 35.7. The second-order valence-corrected chi connectivity index (χ2v) is 15.0. The van der Waals surface area contributed by atoms with Gasteiger partial charge < -0.3 is 14.0 Å². The van der Waals surface area contributed by atoms with Gasteiger partial charge in [0.2, 0.25) is 0 Å².